The summed E-state index contributed by atoms with van der Waals surface area (Å²) in [4.78, 5) is 11.4. The lowest BCUT2D eigenvalue weighted by atomic mass is 10.3. The van der Waals surface area contributed by atoms with E-state index in [1.807, 2.05) is 0 Å². The number of carbonyl (C=O) groups is 1. The molecule has 0 atom stereocenters. The summed E-state index contributed by atoms with van der Waals surface area (Å²) in [7, 11) is 0. The van der Waals surface area contributed by atoms with Gasteiger partial charge in [-0.25, -0.2) is 13.9 Å². The predicted octanol–water partition coefficient (Wildman–Crippen LogP) is 2.19. The molecule has 0 spiro atoms. The van der Waals surface area contributed by atoms with Crippen LogP contribution in [0, 0.1) is 5.82 Å². The van der Waals surface area contributed by atoms with Crippen LogP contribution in [0.4, 0.5) is 4.39 Å². The number of carbonyl (C=O) groups excluding carboxylic acids is 1. The first-order valence-corrected chi connectivity index (χ1v) is 5.18. The van der Waals surface area contributed by atoms with Crippen LogP contribution in [0.2, 0.25) is 0 Å². The van der Waals surface area contributed by atoms with E-state index in [0.29, 0.717) is 17.9 Å². The standard InChI is InChI=1S/C12H11FN2O2/c1-2-17-12(16)9-7-14-15(8-9)11-5-3-4-10(13)6-11/h3-8H,2H2,1H3. The minimum absolute atomic E-state index is 0.310. The quantitative estimate of drug-likeness (QED) is 0.764. The van der Waals surface area contributed by atoms with Crippen LogP contribution in [0.5, 0.6) is 0 Å². The van der Waals surface area contributed by atoms with Crippen LogP contribution in [0.1, 0.15) is 17.3 Å². The highest BCUT2D eigenvalue weighted by Gasteiger charge is 2.10. The molecule has 4 nitrogen and oxygen atoms in total. The van der Waals surface area contributed by atoms with Crippen molar-refractivity contribution in [2.75, 3.05) is 6.61 Å². The minimum Gasteiger partial charge on any atom is -0.462 e. The van der Waals surface area contributed by atoms with Gasteiger partial charge in [0.2, 0.25) is 0 Å². The maximum atomic E-state index is 13.0. The summed E-state index contributed by atoms with van der Waals surface area (Å²) in [6, 6.07) is 5.96. The molecule has 0 fully saturated rings. The number of benzene rings is 1. The van der Waals surface area contributed by atoms with Crippen molar-refractivity contribution in [3.8, 4) is 5.69 Å². The van der Waals surface area contributed by atoms with E-state index in [2.05, 4.69) is 5.10 Å². The highest BCUT2D eigenvalue weighted by atomic mass is 19.1. The molecule has 1 aromatic heterocycles. The molecule has 88 valence electrons. The normalized spacial score (nSPS) is 10.2. The van der Waals surface area contributed by atoms with Crippen LogP contribution >= 0.6 is 0 Å². The molecule has 0 aliphatic heterocycles. The number of aromatic nitrogens is 2. The Kier molecular flexibility index (Phi) is 3.18. The van der Waals surface area contributed by atoms with Crippen LogP contribution < -0.4 is 0 Å². The zero-order valence-electron chi connectivity index (χ0n) is 9.26. The predicted molar refractivity (Wildman–Crippen MR) is 59.5 cm³/mol. The summed E-state index contributed by atoms with van der Waals surface area (Å²) >= 11 is 0. The van der Waals surface area contributed by atoms with E-state index in [1.54, 1.807) is 19.1 Å². The summed E-state index contributed by atoms with van der Waals surface area (Å²) in [6.45, 7) is 2.04. The maximum Gasteiger partial charge on any atom is 0.341 e. The monoisotopic (exact) mass is 234 g/mol. The zero-order valence-corrected chi connectivity index (χ0v) is 9.26. The first kappa shape index (κ1) is 11.3. The van der Waals surface area contributed by atoms with Gasteiger partial charge in [-0.05, 0) is 25.1 Å². The van der Waals surface area contributed by atoms with Gasteiger partial charge in [-0.1, -0.05) is 6.07 Å². The third kappa shape index (κ3) is 2.50. The number of hydrogen-bond acceptors (Lipinski definition) is 3. The second-order valence-corrected chi connectivity index (χ2v) is 3.37. The second-order valence-electron chi connectivity index (χ2n) is 3.37. The molecule has 5 heteroatoms. The number of hydrogen-bond donors (Lipinski definition) is 0. The van der Waals surface area contributed by atoms with Gasteiger partial charge < -0.3 is 4.74 Å². The van der Waals surface area contributed by atoms with E-state index in [-0.39, 0.29) is 5.82 Å². The lowest BCUT2D eigenvalue weighted by Crippen LogP contribution is -2.03. The minimum atomic E-state index is -0.435. The van der Waals surface area contributed by atoms with Crippen LogP contribution in [0.25, 0.3) is 5.69 Å². The Balaban J connectivity index is 2.27. The van der Waals surface area contributed by atoms with Crippen molar-refractivity contribution in [2.45, 2.75) is 6.92 Å². The Morgan fingerprint density at radius 3 is 3.06 bits per heavy atom. The van der Waals surface area contributed by atoms with Crippen molar-refractivity contribution in [3.05, 3.63) is 48.0 Å². The second kappa shape index (κ2) is 4.78. The molecular formula is C12H11FN2O2. The van der Waals surface area contributed by atoms with E-state index >= 15 is 0 Å². The molecule has 0 bridgehead atoms. The van der Waals surface area contributed by atoms with Crippen molar-refractivity contribution in [2.24, 2.45) is 0 Å². The number of esters is 1. The highest BCUT2D eigenvalue weighted by Crippen LogP contribution is 2.10. The van der Waals surface area contributed by atoms with Gasteiger partial charge >= 0.3 is 5.97 Å². The maximum absolute atomic E-state index is 13.0. The Hall–Kier alpha value is -2.17. The Labute approximate surface area is 97.6 Å². The van der Waals surface area contributed by atoms with Crippen LogP contribution in [0.3, 0.4) is 0 Å². The molecule has 0 amide bonds. The van der Waals surface area contributed by atoms with Crippen LogP contribution in [-0.4, -0.2) is 22.4 Å². The first-order valence-electron chi connectivity index (χ1n) is 5.18. The highest BCUT2D eigenvalue weighted by molar-refractivity contribution is 5.88. The summed E-state index contributed by atoms with van der Waals surface area (Å²) in [5, 5.41) is 3.98. The topological polar surface area (TPSA) is 44.1 Å². The number of nitrogens with zero attached hydrogens (tertiary/aromatic N) is 2. The Bertz CT molecular complexity index is 537. The fraction of sp³-hybridized carbons (Fsp3) is 0.167. The molecule has 1 aromatic carbocycles. The van der Waals surface area contributed by atoms with Gasteiger partial charge in [-0.3, -0.25) is 0 Å². The Morgan fingerprint density at radius 1 is 1.53 bits per heavy atom. The summed E-state index contributed by atoms with van der Waals surface area (Å²) in [6.07, 6.45) is 2.90. The molecule has 0 saturated heterocycles. The SMILES string of the molecule is CCOC(=O)c1cnn(-c2cccc(F)c2)c1. The van der Waals surface area contributed by atoms with Gasteiger partial charge in [-0.2, -0.15) is 5.10 Å². The van der Waals surface area contributed by atoms with Gasteiger partial charge in [0.1, 0.15) is 5.82 Å². The van der Waals surface area contributed by atoms with E-state index in [1.165, 1.54) is 29.2 Å². The molecule has 0 aliphatic carbocycles. The lowest BCUT2D eigenvalue weighted by molar-refractivity contribution is 0.0526. The van der Waals surface area contributed by atoms with E-state index in [0.717, 1.165) is 0 Å². The van der Waals surface area contributed by atoms with Crippen molar-refractivity contribution in [3.63, 3.8) is 0 Å². The molecule has 2 aromatic rings. The average Bonchev–Trinajstić information content (AvgIpc) is 2.78. The molecule has 1 heterocycles. The van der Waals surface area contributed by atoms with Crippen molar-refractivity contribution < 1.29 is 13.9 Å². The molecule has 0 radical (unpaired) electrons. The van der Waals surface area contributed by atoms with Gasteiger partial charge in [0, 0.05) is 6.20 Å². The van der Waals surface area contributed by atoms with Gasteiger partial charge in [0.15, 0.2) is 0 Å². The molecule has 0 unspecified atom stereocenters. The molecule has 0 saturated carbocycles. The molecule has 2 rings (SSSR count). The van der Waals surface area contributed by atoms with E-state index in [9.17, 15) is 9.18 Å². The Morgan fingerprint density at radius 2 is 2.35 bits per heavy atom. The summed E-state index contributed by atoms with van der Waals surface area (Å²) in [5.74, 6) is -0.786. The molecule has 0 N–H and O–H groups in total. The number of rotatable bonds is 3. The third-order valence-corrected chi connectivity index (χ3v) is 2.17. The number of ether oxygens (including phenoxy) is 1. The molecule has 17 heavy (non-hydrogen) atoms. The van der Waals surface area contributed by atoms with Gasteiger partial charge in [0.25, 0.3) is 0 Å². The van der Waals surface area contributed by atoms with Crippen molar-refractivity contribution in [1.82, 2.24) is 9.78 Å². The lowest BCUT2D eigenvalue weighted by Gasteiger charge is -2.00. The fourth-order valence-electron chi connectivity index (χ4n) is 1.40. The number of halogens is 1. The summed E-state index contributed by atoms with van der Waals surface area (Å²) in [5.41, 5.74) is 0.900. The van der Waals surface area contributed by atoms with Gasteiger partial charge in [0.05, 0.1) is 24.1 Å². The summed E-state index contributed by atoms with van der Waals surface area (Å²) < 4.78 is 19.3. The average molecular weight is 234 g/mol. The van der Waals surface area contributed by atoms with E-state index < -0.39 is 5.97 Å². The fourth-order valence-corrected chi connectivity index (χ4v) is 1.40. The van der Waals surface area contributed by atoms with Crippen molar-refractivity contribution >= 4 is 5.97 Å². The van der Waals surface area contributed by atoms with Crippen LogP contribution in [-0.2, 0) is 4.74 Å². The molecule has 0 aliphatic rings. The van der Waals surface area contributed by atoms with E-state index in [4.69, 9.17) is 4.74 Å². The van der Waals surface area contributed by atoms with Crippen molar-refractivity contribution in [1.29, 1.82) is 0 Å². The van der Waals surface area contributed by atoms with Gasteiger partial charge in [-0.15, -0.1) is 0 Å². The zero-order chi connectivity index (χ0) is 12.3. The first-order chi connectivity index (χ1) is 8.20. The largest absolute Gasteiger partial charge is 0.462 e. The van der Waals surface area contributed by atoms with Crippen LogP contribution in [0.15, 0.2) is 36.7 Å². The third-order valence-electron chi connectivity index (χ3n) is 2.17. The smallest absolute Gasteiger partial charge is 0.341 e. The molecular weight excluding hydrogens is 223 g/mol.